The highest BCUT2D eigenvalue weighted by atomic mass is 19.1. The summed E-state index contributed by atoms with van der Waals surface area (Å²) < 4.78 is 24.3. The number of pyridine rings is 1. The summed E-state index contributed by atoms with van der Waals surface area (Å²) in [7, 11) is 1.68. The zero-order valence-corrected chi connectivity index (χ0v) is 19.3. The molecule has 7 rings (SSSR count). The Bertz CT molecular complexity index is 1360. The number of aryl methyl sites for hydroxylation is 1. The Morgan fingerprint density at radius 3 is 2.73 bits per heavy atom. The highest BCUT2D eigenvalue weighted by molar-refractivity contribution is 6.09. The van der Waals surface area contributed by atoms with Gasteiger partial charge in [0.1, 0.15) is 5.69 Å². The number of nitrogens with zero attached hydrogens (tertiary/aromatic N) is 4. The maximum Gasteiger partial charge on any atom is 0.169 e. The average molecular weight is 445 g/mol. The highest BCUT2D eigenvalue weighted by Crippen LogP contribution is 2.49. The predicted molar refractivity (Wildman–Crippen MR) is 130 cm³/mol. The van der Waals surface area contributed by atoms with Gasteiger partial charge in [0.2, 0.25) is 0 Å². The standard InChI is InChI=1S/C27H29FN4O/c1-16-6-9-23-19(11-16)21-14-32(17-7-8-17)25-20(24(21)29-23)12-22(28)26(27(25)33-2)31-13-18-5-3-4-10-30(18)15-31/h6,9,11-12,14,17-18H,3-5,7-8,10,13,15H2,1-2H3. The van der Waals surface area contributed by atoms with Gasteiger partial charge in [0.15, 0.2) is 11.6 Å². The lowest BCUT2D eigenvalue weighted by molar-refractivity contribution is 0.204. The first kappa shape index (κ1) is 19.6. The van der Waals surface area contributed by atoms with Crippen molar-refractivity contribution in [1.29, 1.82) is 0 Å². The molecule has 1 saturated carbocycles. The van der Waals surface area contributed by atoms with Gasteiger partial charge >= 0.3 is 0 Å². The number of anilines is 1. The zero-order valence-electron chi connectivity index (χ0n) is 19.3. The Morgan fingerprint density at radius 1 is 1.06 bits per heavy atom. The van der Waals surface area contributed by atoms with E-state index in [2.05, 4.69) is 45.7 Å². The molecule has 170 valence electrons. The zero-order chi connectivity index (χ0) is 22.3. The van der Waals surface area contributed by atoms with Crippen molar-refractivity contribution in [3.63, 3.8) is 0 Å². The smallest absolute Gasteiger partial charge is 0.169 e. The monoisotopic (exact) mass is 444 g/mol. The van der Waals surface area contributed by atoms with Crippen molar-refractivity contribution in [2.24, 2.45) is 0 Å². The number of fused-ring (bicyclic) bond motifs is 6. The van der Waals surface area contributed by atoms with Gasteiger partial charge in [-0.1, -0.05) is 18.1 Å². The predicted octanol–water partition coefficient (Wildman–Crippen LogP) is 5.72. The summed E-state index contributed by atoms with van der Waals surface area (Å²) in [5.74, 6) is 0.444. The van der Waals surface area contributed by atoms with Gasteiger partial charge in [-0.2, -0.15) is 0 Å². The molecule has 0 amide bonds. The molecule has 2 aromatic rings. The van der Waals surface area contributed by atoms with E-state index >= 15 is 4.39 Å². The maximum absolute atomic E-state index is 15.9. The van der Waals surface area contributed by atoms with Gasteiger partial charge in [0.05, 0.1) is 30.5 Å². The van der Waals surface area contributed by atoms with E-state index in [0.29, 0.717) is 23.5 Å². The Morgan fingerprint density at radius 2 is 1.94 bits per heavy atom. The van der Waals surface area contributed by atoms with Gasteiger partial charge in [-0.3, -0.25) is 4.90 Å². The molecule has 0 aromatic heterocycles. The summed E-state index contributed by atoms with van der Waals surface area (Å²) in [5, 5.41) is 1.99. The van der Waals surface area contributed by atoms with E-state index in [1.54, 1.807) is 13.2 Å². The molecule has 2 saturated heterocycles. The van der Waals surface area contributed by atoms with Gasteiger partial charge in [-0.25, -0.2) is 9.37 Å². The fourth-order valence-corrected chi connectivity index (χ4v) is 6.13. The summed E-state index contributed by atoms with van der Waals surface area (Å²) in [6, 6.07) is 9.01. The molecule has 5 aliphatic rings. The summed E-state index contributed by atoms with van der Waals surface area (Å²) in [5.41, 5.74) is 5.73. The van der Waals surface area contributed by atoms with Crippen LogP contribution in [0.2, 0.25) is 0 Å². The van der Waals surface area contributed by atoms with E-state index in [9.17, 15) is 0 Å². The van der Waals surface area contributed by atoms with Crippen molar-refractivity contribution in [1.82, 2.24) is 14.5 Å². The van der Waals surface area contributed by atoms with Crippen molar-refractivity contribution in [2.45, 2.75) is 51.1 Å². The lowest BCUT2D eigenvalue weighted by Gasteiger charge is -2.27. The second-order valence-electron chi connectivity index (χ2n) is 10.1. The molecule has 0 N–H and O–H groups in total. The minimum atomic E-state index is -0.211. The average Bonchev–Trinajstić information content (AvgIpc) is 3.47. The van der Waals surface area contributed by atoms with Gasteiger partial charge in [-0.15, -0.1) is 0 Å². The minimum Gasteiger partial charge on any atom is -0.492 e. The van der Waals surface area contributed by atoms with Crippen molar-refractivity contribution >= 4 is 27.5 Å². The van der Waals surface area contributed by atoms with E-state index in [0.717, 1.165) is 65.7 Å². The van der Waals surface area contributed by atoms with Crippen LogP contribution in [0.5, 0.6) is 5.75 Å². The van der Waals surface area contributed by atoms with E-state index in [1.807, 2.05) is 0 Å². The summed E-state index contributed by atoms with van der Waals surface area (Å²) in [6.45, 7) is 4.84. The van der Waals surface area contributed by atoms with Crippen LogP contribution in [0.15, 0.2) is 30.5 Å². The first-order valence-electron chi connectivity index (χ1n) is 12.2. The molecule has 1 atom stereocenters. The molecule has 5 nitrogen and oxygen atoms in total. The number of aromatic nitrogens is 2. The van der Waals surface area contributed by atoms with Crippen LogP contribution >= 0.6 is 0 Å². The third-order valence-electron chi connectivity index (χ3n) is 7.89. The van der Waals surface area contributed by atoms with Crippen molar-refractivity contribution < 1.29 is 9.13 Å². The topological polar surface area (TPSA) is 33.5 Å². The number of halogens is 1. The molecule has 0 bridgehead atoms. The molecule has 6 heteroatoms. The molecule has 33 heavy (non-hydrogen) atoms. The molecular weight excluding hydrogens is 415 g/mol. The van der Waals surface area contributed by atoms with Crippen LogP contribution in [0.25, 0.3) is 33.1 Å². The van der Waals surface area contributed by atoms with E-state index in [1.165, 1.54) is 24.8 Å². The van der Waals surface area contributed by atoms with Crippen molar-refractivity contribution in [2.75, 3.05) is 31.8 Å². The Labute approximate surface area is 193 Å². The number of benzene rings is 2. The molecule has 4 aliphatic heterocycles. The van der Waals surface area contributed by atoms with Crippen LogP contribution in [0.4, 0.5) is 10.1 Å². The van der Waals surface area contributed by atoms with Crippen LogP contribution < -0.4 is 9.64 Å². The van der Waals surface area contributed by atoms with Gasteiger partial charge in [-0.05, 0) is 50.8 Å². The highest BCUT2D eigenvalue weighted by Gasteiger charge is 2.37. The number of piperidine rings is 1. The third kappa shape index (κ3) is 2.89. The fourth-order valence-electron chi connectivity index (χ4n) is 6.13. The van der Waals surface area contributed by atoms with Gasteiger partial charge in [0, 0.05) is 47.7 Å². The molecule has 0 spiro atoms. The number of ether oxygens (including phenoxy) is 1. The van der Waals surface area contributed by atoms with Gasteiger partial charge in [0.25, 0.3) is 0 Å². The number of hydrogen-bond donors (Lipinski definition) is 0. The molecule has 4 heterocycles. The lowest BCUT2D eigenvalue weighted by Crippen LogP contribution is -2.35. The lowest BCUT2D eigenvalue weighted by atomic mass is 10.0. The van der Waals surface area contributed by atoms with E-state index in [-0.39, 0.29) is 5.82 Å². The van der Waals surface area contributed by atoms with Crippen LogP contribution in [-0.2, 0) is 0 Å². The largest absolute Gasteiger partial charge is 0.492 e. The van der Waals surface area contributed by atoms with Crippen LogP contribution in [0.1, 0.15) is 43.7 Å². The second-order valence-corrected chi connectivity index (χ2v) is 10.1. The van der Waals surface area contributed by atoms with Crippen molar-refractivity contribution in [3.8, 4) is 17.0 Å². The van der Waals surface area contributed by atoms with Crippen molar-refractivity contribution in [3.05, 3.63) is 41.8 Å². The summed E-state index contributed by atoms with van der Waals surface area (Å²) in [4.78, 5) is 9.65. The molecule has 3 fully saturated rings. The fraction of sp³-hybridized carbons (Fsp3) is 0.444. The number of methoxy groups -OCH3 is 1. The summed E-state index contributed by atoms with van der Waals surface area (Å²) >= 11 is 0. The second kappa shape index (κ2) is 7.07. The Balaban J connectivity index is 1.50. The van der Waals surface area contributed by atoms with Crippen LogP contribution in [0, 0.1) is 12.7 Å². The third-order valence-corrected chi connectivity index (χ3v) is 7.89. The Kier molecular flexibility index (Phi) is 4.20. The molecule has 0 radical (unpaired) electrons. The molecule has 1 unspecified atom stereocenters. The number of rotatable bonds is 3. The quantitative estimate of drug-likeness (QED) is 0.405. The number of hydrogen-bond acceptors (Lipinski definition) is 4. The van der Waals surface area contributed by atoms with Crippen LogP contribution in [0.3, 0.4) is 0 Å². The summed E-state index contributed by atoms with van der Waals surface area (Å²) in [6.07, 6.45) is 8.22. The minimum absolute atomic E-state index is 0.211. The van der Waals surface area contributed by atoms with E-state index in [4.69, 9.17) is 9.72 Å². The van der Waals surface area contributed by atoms with Gasteiger partial charge < -0.3 is 14.2 Å². The maximum atomic E-state index is 15.9. The van der Waals surface area contributed by atoms with Crippen LogP contribution in [-0.4, -0.2) is 47.4 Å². The molecular formula is C27H29FN4O. The first-order valence-corrected chi connectivity index (χ1v) is 12.2. The van der Waals surface area contributed by atoms with E-state index < -0.39 is 0 Å². The normalized spacial score (nSPS) is 21.4. The SMILES string of the molecule is COc1c(N2CC3CCCCN3C2)c(F)cc2c3nc4ccc(C)cc4c-3cn(C3CC3)c12. The molecule has 1 aliphatic carbocycles. The Hall–Kier alpha value is -2.86. The first-order chi connectivity index (χ1) is 16.1. The molecule has 2 aromatic carbocycles.